The molecule has 5 heteroatoms. The third kappa shape index (κ3) is 7.31. The number of hydrogen-bond donors (Lipinski definition) is 1. The van der Waals surface area contributed by atoms with Gasteiger partial charge in [-0.15, -0.1) is 0 Å². The molecule has 29 heavy (non-hydrogen) atoms. The van der Waals surface area contributed by atoms with Crippen molar-refractivity contribution in [2.24, 2.45) is 0 Å². The zero-order valence-electron chi connectivity index (χ0n) is 16.4. The third-order valence-corrected chi connectivity index (χ3v) is 5.44. The van der Waals surface area contributed by atoms with Crippen molar-refractivity contribution in [3.8, 4) is 0 Å². The summed E-state index contributed by atoms with van der Waals surface area (Å²) in [5, 5.41) is 1.20. The second-order valence-corrected chi connectivity index (χ2v) is 8.53. The van der Waals surface area contributed by atoms with Crippen LogP contribution in [0.2, 0.25) is 0 Å². The lowest BCUT2D eigenvalue weighted by Gasteiger charge is -2.07. The summed E-state index contributed by atoms with van der Waals surface area (Å²) in [6.07, 6.45) is 1.59. The van der Waals surface area contributed by atoms with E-state index < -0.39 is 10.0 Å². The predicted octanol–water partition coefficient (Wildman–Crippen LogP) is 4.80. The maximum absolute atomic E-state index is 12.2. The van der Waals surface area contributed by atoms with Gasteiger partial charge in [0, 0.05) is 12.0 Å². The van der Waals surface area contributed by atoms with Gasteiger partial charge in [-0.25, -0.2) is 13.1 Å². The maximum Gasteiger partial charge on any atom is 0.234 e. The minimum Gasteiger partial charge on any atom is -0.372 e. The molecule has 0 spiro atoms. The standard InChI is InChI=1S/C24H25NO3S/c1-20-7-9-21(10-8-20)15-16-29(26,27)25-17-22-11-13-24(14-12-22)19-28-18-23-5-3-2-4-6-23/h2-16,25H,17-19H2,1H3. The Balaban J connectivity index is 1.47. The van der Waals surface area contributed by atoms with Crippen LogP contribution in [-0.2, 0) is 34.5 Å². The smallest absolute Gasteiger partial charge is 0.234 e. The van der Waals surface area contributed by atoms with Gasteiger partial charge in [0.05, 0.1) is 13.2 Å². The highest BCUT2D eigenvalue weighted by Gasteiger charge is 2.05. The van der Waals surface area contributed by atoms with Gasteiger partial charge in [0.2, 0.25) is 10.0 Å². The van der Waals surface area contributed by atoms with Crippen LogP contribution in [0.15, 0.2) is 84.3 Å². The van der Waals surface area contributed by atoms with Gasteiger partial charge in [0.25, 0.3) is 0 Å². The Labute approximate surface area is 172 Å². The van der Waals surface area contributed by atoms with Crippen LogP contribution in [0.3, 0.4) is 0 Å². The molecule has 3 rings (SSSR count). The van der Waals surface area contributed by atoms with Gasteiger partial charge in [0.1, 0.15) is 0 Å². The molecule has 0 radical (unpaired) electrons. The summed E-state index contributed by atoms with van der Waals surface area (Å²) in [5.74, 6) is 0. The van der Waals surface area contributed by atoms with E-state index in [1.807, 2.05) is 85.8 Å². The normalized spacial score (nSPS) is 11.8. The zero-order chi connectivity index (χ0) is 20.5. The fourth-order valence-electron chi connectivity index (χ4n) is 2.69. The van der Waals surface area contributed by atoms with Crippen molar-refractivity contribution in [3.05, 3.63) is 112 Å². The molecule has 0 fully saturated rings. The van der Waals surface area contributed by atoms with E-state index in [0.29, 0.717) is 13.2 Å². The van der Waals surface area contributed by atoms with E-state index in [9.17, 15) is 8.42 Å². The first-order chi connectivity index (χ1) is 14.0. The first-order valence-electron chi connectivity index (χ1n) is 9.44. The molecule has 0 aliphatic heterocycles. The van der Waals surface area contributed by atoms with Crippen LogP contribution in [0.1, 0.15) is 27.8 Å². The van der Waals surface area contributed by atoms with Crippen molar-refractivity contribution in [1.82, 2.24) is 4.72 Å². The first kappa shape index (κ1) is 21.0. The van der Waals surface area contributed by atoms with Gasteiger partial charge in [-0.2, -0.15) is 0 Å². The molecule has 3 aromatic carbocycles. The number of nitrogens with one attached hydrogen (secondary N) is 1. The van der Waals surface area contributed by atoms with Crippen molar-refractivity contribution in [3.63, 3.8) is 0 Å². The van der Waals surface area contributed by atoms with Crippen LogP contribution in [0.25, 0.3) is 6.08 Å². The van der Waals surface area contributed by atoms with Crippen LogP contribution in [0.5, 0.6) is 0 Å². The fraction of sp³-hybridized carbons (Fsp3) is 0.167. The molecule has 0 bridgehead atoms. The number of ether oxygens (including phenoxy) is 1. The molecule has 0 saturated carbocycles. The quantitative estimate of drug-likeness (QED) is 0.554. The van der Waals surface area contributed by atoms with Crippen molar-refractivity contribution in [2.75, 3.05) is 0 Å². The second-order valence-electron chi connectivity index (χ2n) is 6.87. The lowest BCUT2D eigenvalue weighted by atomic mass is 10.1. The van der Waals surface area contributed by atoms with Gasteiger partial charge in [0.15, 0.2) is 0 Å². The minimum atomic E-state index is -3.50. The molecular weight excluding hydrogens is 382 g/mol. The van der Waals surface area contributed by atoms with Crippen LogP contribution >= 0.6 is 0 Å². The molecule has 0 amide bonds. The molecule has 0 heterocycles. The highest BCUT2D eigenvalue weighted by molar-refractivity contribution is 7.92. The molecule has 3 aromatic rings. The Kier molecular flexibility index (Phi) is 7.36. The highest BCUT2D eigenvalue weighted by atomic mass is 32.2. The molecule has 150 valence electrons. The molecule has 0 aromatic heterocycles. The summed E-state index contributed by atoms with van der Waals surface area (Å²) in [6, 6.07) is 25.4. The van der Waals surface area contributed by atoms with Crippen LogP contribution in [0.4, 0.5) is 0 Å². The zero-order valence-corrected chi connectivity index (χ0v) is 17.2. The Hall–Kier alpha value is -2.73. The topological polar surface area (TPSA) is 55.4 Å². The molecule has 0 aliphatic carbocycles. The second kappa shape index (κ2) is 10.2. The van der Waals surface area contributed by atoms with E-state index in [0.717, 1.165) is 27.8 Å². The molecular formula is C24H25NO3S. The van der Waals surface area contributed by atoms with Gasteiger partial charge < -0.3 is 4.74 Å². The number of sulfonamides is 1. The third-order valence-electron chi connectivity index (χ3n) is 4.40. The van der Waals surface area contributed by atoms with E-state index in [4.69, 9.17) is 4.74 Å². The summed E-state index contributed by atoms with van der Waals surface area (Å²) in [6.45, 7) is 3.31. The molecule has 0 saturated heterocycles. The van der Waals surface area contributed by atoms with Gasteiger partial charge >= 0.3 is 0 Å². The SMILES string of the molecule is Cc1ccc(C=CS(=O)(=O)NCc2ccc(COCc3ccccc3)cc2)cc1. The van der Waals surface area contributed by atoms with Crippen LogP contribution < -0.4 is 4.72 Å². The number of rotatable bonds is 9. The largest absolute Gasteiger partial charge is 0.372 e. The number of benzene rings is 3. The predicted molar refractivity (Wildman–Crippen MR) is 117 cm³/mol. The maximum atomic E-state index is 12.2. The first-order valence-corrected chi connectivity index (χ1v) is 11.0. The van der Waals surface area contributed by atoms with E-state index in [1.54, 1.807) is 6.08 Å². The Morgan fingerprint density at radius 2 is 1.38 bits per heavy atom. The molecule has 4 nitrogen and oxygen atoms in total. The summed E-state index contributed by atoms with van der Waals surface area (Å²) < 4.78 is 32.7. The molecule has 0 aliphatic rings. The van der Waals surface area contributed by atoms with Gasteiger partial charge in [-0.3, -0.25) is 0 Å². The van der Waals surface area contributed by atoms with Crippen molar-refractivity contribution in [2.45, 2.75) is 26.7 Å². The van der Waals surface area contributed by atoms with E-state index in [-0.39, 0.29) is 6.54 Å². The van der Waals surface area contributed by atoms with E-state index in [2.05, 4.69) is 4.72 Å². The average Bonchev–Trinajstić information content (AvgIpc) is 2.74. The number of aryl methyl sites for hydroxylation is 1. The number of hydrogen-bond acceptors (Lipinski definition) is 3. The minimum absolute atomic E-state index is 0.242. The highest BCUT2D eigenvalue weighted by Crippen LogP contribution is 2.10. The van der Waals surface area contributed by atoms with E-state index >= 15 is 0 Å². The van der Waals surface area contributed by atoms with E-state index in [1.165, 1.54) is 5.41 Å². The average molecular weight is 408 g/mol. The van der Waals surface area contributed by atoms with Crippen LogP contribution in [0, 0.1) is 6.92 Å². The Bertz CT molecular complexity index is 1030. The molecule has 1 N–H and O–H groups in total. The Morgan fingerprint density at radius 1 is 0.793 bits per heavy atom. The summed E-state index contributed by atoms with van der Waals surface area (Å²) >= 11 is 0. The fourth-order valence-corrected chi connectivity index (χ4v) is 3.49. The monoisotopic (exact) mass is 407 g/mol. The van der Waals surface area contributed by atoms with Crippen molar-refractivity contribution in [1.29, 1.82) is 0 Å². The van der Waals surface area contributed by atoms with Gasteiger partial charge in [-0.1, -0.05) is 84.4 Å². The summed E-state index contributed by atoms with van der Waals surface area (Å²) in [4.78, 5) is 0. The van der Waals surface area contributed by atoms with Crippen molar-refractivity contribution >= 4 is 16.1 Å². The van der Waals surface area contributed by atoms with Crippen molar-refractivity contribution < 1.29 is 13.2 Å². The Morgan fingerprint density at radius 3 is 2.03 bits per heavy atom. The lowest BCUT2D eigenvalue weighted by molar-refractivity contribution is 0.107. The lowest BCUT2D eigenvalue weighted by Crippen LogP contribution is -2.20. The summed E-state index contributed by atoms with van der Waals surface area (Å²) in [5.41, 5.74) is 5.06. The summed E-state index contributed by atoms with van der Waals surface area (Å²) in [7, 11) is -3.50. The molecule has 0 unspecified atom stereocenters. The van der Waals surface area contributed by atoms with Crippen LogP contribution in [-0.4, -0.2) is 8.42 Å². The molecule has 0 atom stereocenters. The van der Waals surface area contributed by atoms with Gasteiger partial charge in [-0.05, 0) is 35.3 Å².